The minimum absolute atomic E-state index is 0.170. The lowest BCUT2D eigenvalue weighted by Gasteiger charge is -2.16. The van der Waals surface area contributed by atoms with Crippen LogP contribution >= 0.6 is 27.3 Å². The summed E-state index contributed by atoms with van der Waals surface area (Å²) in [7, 11) is 0. The zero-order chi connectivity index (χ0) is 12.8. The van der Waals surface area contributed by atoms with Gasteiger partial charge in [0.15, 0.2) is 0 Å². The Hall–Kier alpha value is -0.940. The number of hydrogen-bond donors (Lipinski definition) is 0. The molecular weight excluding hydrogens is 302 g/mol. The smallest absolute Gasteiger partial charge is 0.273 e. The van der Waals surface area contributed by atoms with E-state index in [4.69, 9.17) is 0 Å². The van der Waals surface area contributed by atoms with Gasteiger partial charge < -0.3 is 0 Å². The first-order chi connectivity index (χ1) is 7.80. The lowest BCUT2D eigenvalue weighted by molar-refractivity contribution is 0.0770. The zero-order valence-electron chi connectivity index (χ0n) is 9.78. The van der Waals surface area contributed by atoms with Gasteiger partial charge in [-0.15, -0.1) is 0 Å². The lowest BCUT2D eigenvalue weighted by Crippen LogP contribution is -2.32. The first-order valence-electron chi connectivity index (χ1n) is 5.16. The second-order valence-corrected chi connectivity index (χ2v) is 6.78. The topological polar surface area (TPSA) is 39.1 Å². The van der Waals surface area contributed by atoms with Crippen LogP contribution < -0.4 is 4.87 Å². The number of aromatic nitrogens is 1. The third-order valence-electron chi connectivity index (χ3n) is 2.39. The van der Waals surface area contributed by atoms with E-state index in [0.717, 1.165) is 20.5 Å². The van der Waals surface area contributed by atoms with Crippen molar-refractivity contribution in [3.05, 3.63) is 32.3 Å². The number of benzene rings is 1. The molecule has 2 aromatic rings. The van der Waals surface area contributed by atoms with E-state index in [2.05, 4.69) is 15.9 Å². The van der Waals surface area contributed by atoms with Crippen LogP contribution in [0.15, 0.2) is 27.5 Å². The fourth-order valence-corrected chi connectivity index (χ4v) is 2.94. The molecule has 0 radical (unpaired) electrons. The minimum atomic E-state index is -0.565. The van der Waals surface area contributed by atoms with Crippen molar-refractivity contribution < 1.29 is 4.79 Å². The largest absolute Gasteiger partial charge is 0.314 e. The fraction of sp³-hybridized carbons (Fsp3) is 0.333. The number of halogens is 1. The average molecular weight is 314 g/mol. The molecule has 0 amide bonds. The summed E-state index contributed by atoms with van der Waals surface area (Å²) in [6.45, 7) is 5.43. The number of fused-ring (bicyclic) bond motifs is 1. The molecule has 0 aliphatic rings. The molecule has 3 nitrogen and oxygen atoms in total. The van der Waals surface area contributed by atoms with Crippen LogP contribution in [0.4, 0.5) is 0 Å². The van der Waals surface area contributed by atoms with Crippen molar-refractivity contribution in [1.82, 2.24) is 4.57 Å². The van der Waals surface area contributed by atoms with Gasteiger partial charge in [0.1, 0.15) is 0 Å². The number of carbonyl (C=O) groups excluding carboxylic acids is 1. The van der Waals surface area contributed by atoms with Crippen molar-refractivity contribution in [3.8, 4) is 0 Å². The Kier molecular flexibility index (Phi) is 2.99. The Bertz CT molecular complexity index is 649. The van der Waals surface area contributed by atoms with Crippen LogP contribution in [-0.2, 0) is 0 Å². The van der Waals surface area contributed by atoms with E-state index in [1.165, 1.54) is 4.57 Å². The van der Waals surface area contributed by atoms with E-state index in [1.54, 1.807) is 6.07 Å². The van der Waals surface area contributed by atoms with Crippen molar-refractivity contribution in [2.45, 2.75) is 20.8 Å². The van der Waals surface area contributed by atoms with Gasteiger partial charge in [-0.25, -0.2) is 4.57 Å². The van der Waals surface area contributed by atoms with E-state index in [1.807, 2.05) is 32.9 Å². The molecule has 0 aliphatic heterocycles. The number of hydrogen-bond acceptors (Lipinski definition) is 3. The van der Waals surface area contributed by atoms with Crippen molar-refractivity contribution in [1.29, 1.82) is 0 Å². The summed E-state index contributed by atoms with van der Waals surface area (Å²) in [5.41, 5.74) is 0.119. The highest BCUT2D eigenvalue weighted by atomic mass is 79.9. The van der Waals surface area contributed by atoms with Crippen LogP contribution in [0.1, 0.15) is 25.6 Å². The SMILES string of the molecule is CC(C)(C)C(=O)n1c(=O)sc2cc(Br)ccc21. The average Bonchev–Trinajstić information content (AvgIpc) is 2.50. The summed E-state index contributed by atoms with van der Waals surface area (Å²) in [6.07, 6.45) is 0. The Morgan fingerprint density at radius 1 is 1.35 bits per heavy atom. The third-order valence-corrected chi connectivity index (χ3v) is 3.78. The minimum Gasteiger partial charge on any atom is -0.273 e. The maximum atomic E-state index is 12.2. The predicted molar refractivity (Wildman–Crippen MR) is 73.9 cm³/mol. The maximum Gasteiger partial charge on any atom is 0.314 e. The second kappa shape index (κ2) is 4.07. The number of thiazole rings is 1. The zero-order valence-corrected chi connectivity index (χ0v) is 12.2. The van der Waals surface area contributed by atoms with Gasteiger partial charge in [0.25, 0.3) is 0 Å². The van der Waals surface area contributed by atoms with Gasteiger partial charge in [-0.2, -0.15) is 0 Å². The van der Waals surface area contributed by atoms with Crippen LogP contribution in [0.3, 0.4) is 0 Å². The molecule has 0 saturated carbocycles. The Labute approximate surface area is 111 Å². The third kappa shape index (κ3) is 2.21. The van der Waals surface area contributed by atoms with Gasteiger partial charge in [-0.05, 0) is 18.2 Å². The highest BCUT2D eigenvalue weighted by molar-refractivity contribution is 9.10. The molecule has 0 bridgehead atoms. The molecule has 1 aromatic heterocycles. The Morgan fingerprint density at radius 3 is 2.59 bits per heavy atom. The van der Waals surface area contributed by atoms with Crippen LogP contribution in [0.2, 0.25) is 0 Å². The van der Waals surface area contributed by atoms with Gasteiger partial charge in [-0.3, -0.25) is 9.59 Å². The predicted octanol–water partition coefficient (Wildman–Crippen LogP) is 3.51. The van der Waals surface area contributed by atoms with Crippen molar-refractivity contribution in [2.75, 3.05) is 0 Å². The van der Waals surface area contributed by atoms with Crippen molar-refractivity contribution in [3.63, 3.8) is 0 Å². The highest BCUT2D eigenvalue weighted by Crippen LogP contribution is 2.25. The van der Waals surface area contributed by atoms with Gasteiger partial charge >= 0.3 is 4.87 Å². The van der Waals surface area contributed by atoms with Gasteiger partial charge in [0.05, 0.1) is 10.2 Å². The molecule has 0 spiro atoms. The van der Waals surface area contributed by atoms with Gasteiger partial charge in [0.2, 0.25) is 5.91 Å². The number of rotatable bonds is 0. The number of nitrogens with zero attached hydrogens (tertiary/aromatic N) is 1. The molecule has 1 heterocycles. The maximum absolute atomic E-state index is 12.2. The van der Waals surface area contributed by atoms with E-state index in [9.17, 15) is 9.59 Å². The fourth-order valence-electron chi connectivity index (χ4n) is 1.52. The molecule has 0 aliphatic carbocycles. The molecule has 90 valence electrons. The van der Waals surface area contributed by atoms with Gasteiger partial charge in [0, 0.05) is 9.89 Å². The van der Waals surface area contributed by atoms with Crippen LogP contribution in [0, 0.1) is 5.41 Å². The summed E-state index contributed by atoms with van der Waals surface area (Å²) in [6, 6.07) is 5.48. The van der Waals surface area contributed by atoms with Crippen molar-refractivity contribution in [2.24, 2.45) is 5.41 Å². The molecule has 0 unspecified atom stereocenters. The summed E-state index contributed by atoms with van der Waals surface area (Å²) in [5, 5.41) is 0. The highest BCUT2D eigenvalue weighted by Gasteiger charge is 2.26. The molecule has 2 rings (SSSR count). The lowest BCUT2D eigenvalue weighted by atomic mass is 9.95. The van der Waals surface area contributed by atoms with Crippen LogP contribution in [0.25, 0.3) is 10.2 Å². The molecule has 0 atom stereocenters. The summed E-state index contributed by atoms with van der Waals surface area (Å²) in [4.78, 5) is 23.9. The van der Waals surface area contributed by atoms with E-state index in [-0.39, 0.29) is 10.8 Å². The Balaban J connectivity index is 2.74. The van der Waals surface area contributed by atoms with E-state index in [0.29, 0.717) is 5.52 Å². The normalized spacial score (nSPS) is 12.0. The molecule has 5 heteroatoms. The van der Waals surface area contributed by atoms with Gasteiger partial charge in [-0.1, -0.05) is 48.0 Å². The molecule has 0 N–H and O–H groups in total. The van der Waals surface area contributed by atoms with Crippen LogP contribution in [-0.4, -0.2) is 10.5 Å². The monoisotopic (exact) mass is 313 g/mol. The number of carbonyl (C=O) groups is 1. The quantitative estimate of drug-likeness (QED) is 0.746. The summed E-state index contributed by atoms with van der Waals surface area (Å²) < 4.78 is 3.00. The first kappa shape index (κ1) is 12.5. The molecule has 0 saturated heterocycles. The van der Waals surface area contributed by atoms with E-state index >= 15 is 0 Å². The first-order valence-corrected chi connectivity index (χ1v) is 6.77. The molecule has 17 heavy (non-hydrogen) atoms. The standard InChI is InChI=1S/C12H12BrNO2S/c1-12(2,3)10(15)14-8-5-4-7(13)6-9(8)17-11(14)16/h4-6H,1-3H3. The summed E-state index contributed by atoms with van der Waals surface area (Å²) >= 11 is 4.45. The molecular formula is C12H12BrNO2S. The van der Waals surface area contributed by atoms with Crippen molar-refractivity contribution >= 4 is 43.4 Å². The van der Waals surface area contributed by atoms with E-state index < -0.39 is 5.41 Å². The van der Waals surface area contributed by atoms with Crippen LogP contribution in [0.5, 0.6) is 0 Å². The second-order valence-electron chi connectivity index (χ2n) is 4.87. The summed E-state index contributed by atoms with van der Waals surface area (Å²) in [5.74, 6) is -0.170. The molecule has 0 fully saturated rings. The Morgan fingerprint density at radius 2 is 2.00 bits per heavy atom. The molecule has 1 aromatic carbocycles.